The second kappa shape index (κ2) is 8.57. The van der Waals surface area contributed by atoms with Crippen LogP contribution in [0.2, 0.25) is 0 Å². The monoisotopic (exact) mass is 333 g/mol. The number of rotatable bonds is 7. The first-order valence-electron chi connectivity index (χ1n) is 8.56. The Balaban J connectivity index is 1.77. The number of ether oxygens (including phenoxy) is 1. The standard InChI is InChI=1S/C18H27N3O3/c1-3-14-8-4-5-10-16(14)24-13-7-11-20(2)17(22)15-9-6-12-21(15)18(19)23/h4-5,8,10,15H,3,6-7,9,11-13H2,1-2H3,(H2,19,23)/t15-/m0/s1. The van der Waals surface area contributed by atoms with Crippen molar-refractivity contribution in [3.8, 4) is 5.75 Å². The summed E-state index contributed by atoms with van der Waals surface area (Å²) in [5.41, 5.74) is 6.52. The number of urea groups is 1. The summed E-state index contributed by atoms with van der Waals surface area (Å²) >= 11 is 0. The van der Waals surface area contributed by atoms with Crippen LogP contribution in [0.5, 0.6) is 5.75 Å². The lowest BCUT2D eigenvalue weighted by molar-refractivity contribution is -0.133. The van der Waals surface area contributed by atoms with Crippen LogP contribution in [0.15, 0.2) is 24.3 Å². The fourth-order valence-corrected chi connectivity index (χ4v) is 3.07. The Morgan fingerprint density at radius 1 is 1.38 bits per heavy atom. The van der Waals surface area contributed by atoms with Crippen LogP contribution in [-0.4, -0.2) is 54.5 Å². The van der Waals surface area contributed by atoms with Crippen LogP contribution in [0.3, 0.4) is 0 Å². The zero-order chi connectivity index (χ0) is 17.5. The Morgan fingerprint density at radius 3 is 2.83 bits per heavy atom. The first-order chi connectivity index (χ1) is 11.5. The molecule has 132 valence electrons. The molecule has 0 bridgehead atoms. The molecule has 1 aliphatic rings. The van der Waals surface area contributed by atoms with E-state index in [1.54, 1.807) is 11.9 Å². The molecule has 0 radical (unpaired) electrons. The minimum Gasteiger partial charge on any atom is -0.493 e. The van der Waals surface area contributed by atoms with Crippen molar-refractivity contribution in [3.05, 3.63) is 29.8 Å². The average Bonchev–Trinajstić information content (AvgIpc) is 3.08. The smallest absolute Gasteiger partial charge is 0.315 e. The van der Waals surface area contributed by atoms with Crippen molar-refractivity contribution in [2.45, 2.75) is 38.6 Å². The first-order valence-corrected chi connectivity index (χ1v) is 8.56. The second-order valence-corrected chi connectivity index (χ2v) is 6.11. The van der Waals surface area contributed by atoms with Gasteiger partial charge in [0.2, 0.25) is 5.91 Å². The number of para-hydroxylation sites is 1. The van der Waals surface area contributed by atoms with E-state index in [1.807, 2.05) is 18.2 Å². The van der Waals surface area contributed by atoms with E-state index < -0.39 is 12.1 Å². The van der Waals surface area contributed by atoms with Gasteiger partial charge in [0.1, 0.15) is 11.8 Å². The number of likely N-dealkylation sites (tertiary alicyclic amines) is 1. The molecule has 0 unspecified atom stereocenters. The zero-order valence-corrected chi connectivity index (χ0v) is 14.5. The summed E-state index contributed by atoms with van der Waals surface area (Å²) in [5, 5.41) is 0. The molecule has 1 aromatic rings. The number of primary amides is 1. The van der Waals surface area contributed by atoms with Crippen LogP contribution in [0.1, 0.15) is 31.7 Å². The van der Waals surface area contributed by atoms with E-state index in [0.29, 0.717) is 26.1 Å². The molecule has 1 aromatic carbocycles. The summed E-state index contributed by atoms with van der Waals surface area (Å²) in [6.07, 6.45) is 3.18. The highest BCUT2D eigenvalue weighted by atomic mass is 16.5. The molecule has 0 aromatic heterocycles. The van der Waals surface area contributed by atoms with E-state index in [2.05, 4.69) is 13.0 Å². The molecule has 0 saturated carbocycles. The largest absolute Gasteiger partial charge is 0.493 e. The summed E-state index contributed by atoms with van der Waals surface area (Å²) in [7, 11) is 1.76. The van der Waals surface area contributed by atoms with Gasteiger partial charge in [-0.3, -0.25) is 4.79 Å². The maximum atomic E-state index is 12.5. The second-order valence-electron chi connectivity index (χ2n) is 6.11. The molecule has 0 aliphatic carbocycles. The molecule has 1 aliphatic heterocycles. The van der Waals surface area contributed by atoms with Gasteiger partial charge in [-0.25, -0.2) is 4.79 Å². The van der Waals surface area contributed by atoms with Crippen LogP contribution in [0.4, 0.5) is 4.79 Å². The predicted octanol–water partition coefficient (Wildman–Crippen LogP) is 2.02. The normalized spacial score (nSPS) is 16.9. The summed E-state index contributed by atoms with van der Waals surface area (Å²) in [5.74, 6) is 0.866. The van der Waals surface area contributed by atoms with E-state index in [0.717, 1.165) is 25.0 Å². The van der Waals surface area contributed by atoms with Gasteiger partial charge in [0.25, 0.3) is 0 Å². The van der Waals surface area contributed by atoms with Gasteiger partial charge in [-0.1, -0.05) is 25.1 Å². The molecule has 1 saturated heterocycles. The Kier molecular flexibility index (Phi) is 6.46. The van der Waals surface area contributed by atoms with Crippen molar-refractivity contribution in [1.29, 1.82) is 0 Å². The van der Waals surface area contributed by atoms with E-state index >= 15 is 0 Å². The number of nitrogens with two attached hydrogens (primary N) is 1. The van der Waals surface area contributed by atoms with E-state index in [9.17, 15) is 9.59 Å². The number of benzene rings is 1. The van der Waals surface area contributed by atoms with Gasteiger partial charge in [-0.15, -0.1) is 0 Å². The van der Waals surface area contributed by atoms with Crippen LogP contribution in [-0.2, 0) is 11.2 Å². The lowest BCUT2D eigenvalue weighted by Gasteiger charge is -2.26. The summed E-state index contributed by atoms with van der Waals surface area (Å²) in [4.78, 5) is 27.0. The molecule has 1 fully saturated rings. The lowest BCUT2D eigenvalue weighted by atomic mass is 10.1. The predicted molar refractivity (Wildman–Crippen MR) is 92.9 cm³/mol. The number of hydrogen-bond acceptors (Lipinski definition) is 3. The quantitative estimate of drug-likeness (QED) is 0.776. The highest BCUT2D eigenvalue weighted by Gasteiger charge is 2.34. The minimum atomic E-state index is -0.515. The third-order valence-electron chi connectivity index (χ3n) is 4.45. The van der Waals surface area contributed by atoms with Crippen LogP contribution >= 0.6 is 0 Å². The number of likely N-dealkylation sites (N-methyl/N-ethyl adjacent to an activating group) is 1. The molecule has 1 atom stereocenters. The SMILES string of the molecule is CCc1ccccc1OCCCN(C)C(=O)[C@@H]1CCCN1C(N)=O. The van der Waals surface area contributed by atoms with Crippen molar-refractivity contribution in [1.82, 2.24) is 9.80 Å². The maximum absolute atomic E-state index is 12.5. The zero-order valence-electron chi connectivity index (χ0n) is 14.5. The van der Waals surface area contributed by atoms with E-state index in [-0.39, 0.29) is 5.91 Å². The van der Waals surface area contributed by atoms with Crippen LogP contribution in [0, 0.1) is 0 Å². The summed E-state index contributed by atoms with van der Waals surface area (Å²) in [6, 6.07) is 7.07. The van der Waals surface area contributed by atoms with Gasteiger partial charge in [-0.2, -0.15) is 0 Å². The Morgan fingerprint density at radius 2 is 2.12 bits per heavy atom. The van der Waals surface area contributed by atoms with Crippen molar-refractivity contribution in [2.75, 3.05) is 26.7 Å². The molecule has 6 nitrogen and oxygen atoms in total. The third kappa shape index (κ3) is 4.40. The van der Waals surface area contributed by atoms with Crippen LogP contribution < -0.4 is 10.5 Å². The molecule has 3 amide bonds. The van der Waals surface area contributed by atoms with Gasteiger partial charge in [0.05, 0.1) is 6.61 Å². The molecule has 2 N–H and O–H groups in total. The minimum absolute atomic E-state index is 0.0414. The summed E-state index contributed by atoms with van der Waals surface area (Å²) in [6.45, 7) is 3.81. The Bertz CT molecular complexity index is 576. The fraction of sp³-hybridized carbons (Fsp3) is 0.556. The average molecular weight is 333 g/mol. The number of hydrogen-bond donors (Lipinski definition) is 1. The number of carbonyl (C=O) groups excluding carboxylic acids is 2. The van der Waals surface area contributed by atoms with Crippen molar-refractivity contribution < 1.29 is 14.3 Å². The van der Waals surface area contributed by atoms with Gasteiger partial charge in [0.15, 0.2) is 0 Å². The van der Waals surface area contributed by atoms with Crippen molar-refractivity contribution in [2.24, 2.45) is 5.73 Å². The van der Waals surface area contributed by atoms with Crippen molar-refractivity contribution in [3.63, 3.8) is 0 Å². The van der Waals surface area contributed by atoms with Gasteiger partial charge in [0, 0.05) is 20.1 Å². The molecular weight excluding hydrogens is 306 g/mol. The Labute approximate surface area is 143 Å². The van der Waals surface area contributed by atoms with Crippen LogP contribution in [0.25, 0.3) is 0 Å². The molecule has 1 heterocycles. The molecular formula is C18H27N3O3. The first kappa shape index (κ1) is 18.1. The number of aryl methyl sites for hydroxylation is 1. The van der Waals surface area contributed by atoms with E-state index in [1.165, 1.54) is 10.5 Å². The number of nitrogens with zero attached hydrogens (tertiary/aromatic N) is 2. The number of amides is 3. The number of carbonyl (C=O) groups is 2. The highest BCUT2D eigenvalue weighted by molar-refractivity contribution is 5.87. The van der Waals surface area contributed by atoms with Crippen molar-refractivity contribution >= 4 is 11.9 Å². The Hall–Kier alpha value is -2.24. The molecule has 2 rings (SSSR count). The maximum Gasteiger partial charge on any atom is 0.315 e. The topological polar surface area (TPSA) is 75.9 Å². The third-order valence-corrected chi connectivity index (χ3v) is 4.45. The summed E-state index contributed by atoms with van der Waals surface area (Å²) < 4.78 is 5.82. The van der Waals surface area contributed by atoms with E-state index in [4.69, 9.17) is 10.5 Å². The van der Waals surface area contributed by atoms with Gasteiger partial charge < -0.3 is 20.3 Å². The van der Waals surface area contributed by atoms with Gasteiger partial charge >= 0.3 is 6.03 Å². The van der Waals surface area contributed by atoms with Gasteiger partial charge in [-0.05, 0) is 37.3 Å². The highest BCUT2D eigenvalue weighted by Crippen LogP contribution is 2.20. The molecule has 24 heavy (non-hydrogen) atoms. The fourth-order valence-electron chi connectivity index (χ4n) is 3.07. The molecule has 6 heteroatoms. The lowest BCUT2D eigenvalue weighted by Crippen LogP contribution is -2.48. The molecule has 0 spiro atoms.